The molecule has 2 rings (SSSR count). The Morgan fingerprint density at radius 1 is 0.750 bits per heavy atom. The van der Waals surface area contributed by atoms with Crippen LogP contribution in [0.25, 0.3) is 0 Å². The fraction of sp³-hybridized carbons (Fsp3) is 0.0625. The van der Waals surface area contributed by atoms with Crippen LogP contribution in [0.4, 0.5) is 0 Å². The van der Waals surface area contributed by atoms with Crippen molar-refractivity contribution < 1.29 is 19.1 Å². The van der Waals surface area contributed by atoms with Crippen molar-refractivity contribution in [1.29, 1.82) is 0 Å². The molecule has 0 aromatic heterocycles. The van der Waals surface area contributed by atoms with Gasteiger partial charge in [-0.15, -0.1) is 0 Å². The van der Waals surface area contributed by atoms with E-state index in [2.05, 4.69) is 0 Å². The van der Waals surface area contributed by atoms with E-state index in [1.165, 1.54) is 19.1 Å². The summed E-state index contributed by atoms with van der Waals surface area (Å²) in [5.41, 5.74) is 0.601. The summed E-state index contributed by atoms with van der Waals surface area (Å²) in [6.45, 7) is 1.35. The van der Waals surface area contributed by atoms with Crippen molar-refractivity contribution in [3.05, 3.63) is 71.3 Å². The van der Waals surface area contributed by atoms with Crippen LogP contribution in [0.2, 0.25) is 0 Å². The first-order valence-corrected chi connectivity index (χ1v) is 6.01. The first-order valence-electron chi connectivity index (χ1n) is 6.01. The third-order valence-corrected chi connectivity index (χ3v) is 2.72. The number of carbonyl (C=O) groups excluding carboxylic acids is 3. The normalized spacial score (nSPS) is 9.85. The Morgan fingerprint density at radius 2 is 1.30 bits per heavy atom. The van der Waals surface area contributed by atoms with Gasteiger partial charge in [0.1, 0.15) is 0 Å². The monoisotopic (exact) mass is 268 g/mol. The highest BCUT2D eigenvalue weighted by atomic mass is 16.6. The topological polar surface area (TPSA) is 60.4 Å². The van der Waals surface area contributed by atoms with Gasteiger partial charge in [-0.25, -0.2) is 9.59 Å². The second-order valence-corrected chi connectivity index (χ2v) is 4.14. The lowest BCUT2D eigenvalue weighted by Crippen LogP contribution is -2.15. The van der Waals surface area contributed by atoms with Gasteiger partial charge < -0.3 is 4.74 Å². The zero-order valence-electron chi connectivity index (χ0n) is 10.8. The first kappa shape index (κ1) is 13.7. The molecule has 0 fully saturated rings. The van der Waals surface area contributed by atoms with E-state index < -0.39 is 11.9 Å². The molecule has 0 radical (unpaired) electrons. The van der Waals surface area contributed by atoms with Crippen LogP contribution < -0.4 is 0 Å². The van der Waals surface area contributed by atoms with Gasteiger partial charge in [-0.1, -0.05) is 36.4 Å². The Morgan fingerprint density at radius 3 is 1.90 bits per heavy atom. The third kappa shape index (κ3) is 2.98. The van der Waals surface area contributed by atoms with Crippen molar-refractivity contribution >= 4 is 17.7 Å². The summed E-state index contributed by atoms with van der Waals surface area (Å²) in [6.07, 6.45) is 0. The minimum atomic E-state index is -0.829. The van der Waals surface area contributed by atoms with Crippen LogP contribution in [-0.4, -0.2) is 17.7 Å². The second-order valence-electron chi connectivity index (χ2n) is 4.14. The fourth-order valence-corrected chi connectivity index (χ4v) is 1.74. The molecule has 0 heterocycles. The predicted octanol–water partition coefficient (Wildman–Crippen LogP) is 2.89. The van der Waals surface area contributed by atoms with Crippen LogP contribution in [0.5, 0.6) is 0 Å². The van der Waals surface area contributed by atoms with Crippen molar-refractivity contribution in [3.8, 4) is 0 Å². The lowest BCUT2D eigenvalue weighted by Gasteiger charge is -2.06. The summed E-state index contributed by atoms with van der Waals surface area (Å²) in [5.74, 6) is -1.83. The molecule has 0 aliphatic heterocycles. The average molecular weight is 268 g/mol. The molecule has 4 nitrogen and oxygen atoms in total. The first-order chi connectivity index (χ1) is 9.59. The van der Waals surface area contributed by atoms with Gasteiger partial charge in [0, 0.05) is 5.56 Å². The molecule has 4 heteroatoms. The van der Waals surface area contributed by atoms with E-state index >= 15 is 0 Å². The van der Waals surface area contributed by atoms with Gasteiger partial charge in [0.2, 0.25) is 0 Å². The van der Waals surface area contributed by atoms with Crippen molar-refractivity contribution in [1.82, 2.24) is 0 Å². The van der Waals surface area contributed by atoms with E-state index in [0.717, 1.165) is 0 Å². The van der Waals surface area contributed by atoms with Crippen molar-refractivity contribution in [2.75, 3.05) is 0 Å². The molecular formula is C16H12O4. The number of hydrogen-bond acceptors (Lipinski definition) is 4. The summed E-state index contributed by atoms with van der Waals surface area (Å²) in [4.78, 5) is 35.2. The summed E-state index contributed by atoms with van der Waals surface area (Å²) in [7, 11) is 0. The van der Waals surface area contributed by atoms with Crippen LogP contribution >= 0.6 is 0 Å². The molecule has 0 atom stereocenters. The van der Waals surface area contributed by atoms with Crippen LogP contribution in [-0.2, 0) is 4.74 Å². The van der Waals surface area contributed by atoms with Gasteiger partial charge in [-0.05, 0) is 25.1 Å². The number of rotatable bonds is 3. The Kier molecular flexibility index (Phi) is 4.05. The molecule has 0 saturated carbocycles. The number of esters is 2. The number of carbonyl (C=O) groups is 3. The van der Waals surface area contributed by atoms with E-state index in [9.17, 15) is 14.4 Å². The number of hydrogen-bond donors (Lipinski definition) is 0. The number of ether oxygens (including phenoxy) is 1. The van der Waals surface area contributed by atoms with Crippen LogP contribution in [0.1, 0.15) is 38.0 Å². The maximum Gasteiger partial charge on any atom is 0.346 e. The number of Topliss-reactive ketones (excluding diaryl/α,β-unsaturated/α-hetero) is 1. The molecule has 0 aliphatic carbocycles. The maximum absolute atomic E-state index is 12.0. The van der Waals surface area contributed by atoms with Gasteiger partial charge >= 0.3 is 11.9 Å². The van der Waals surface area contributed by atoms with Gasteiger partial charge in [0.25, 0.3) is 0 Å². The average Bonchev–Trinajstić information content (AvgIpc) is 2.48. The van der Waals surface area contributed by atoms with E-state index in [4.69, 9.17) is 4.74 Å². The zero-order valence-corrected chi connectivity index (χ0v) is 10.8. The van der Waals surface area contributed by atoms with Crippen LogP contribution in [0.15, 0.2) is 54.6 Å². The highest BCUT2D eigenvalue weighted by molar-refractivity contribution is 6.09. The molecule has 0 saturated heterocycles. The maximum atomic E-state index is 12.0. The second kappa shape index (κ2) is 5.93. The van der Waals surface area contributed by atoms with E-state index in [0.29, 0.717) is 0 Å². The third-order valence-electron chi connectivity index (χ3n) is 2.72. The molecule has 0 spiro atoms. The summed E-state index contributed by atoms with van der Waals surface area (Å²) >= 11 is 0. The molecule has 100 valence electrons. The Labute approximate surface area is 116 Å². The summed E-state index contributed by atoms with van der Waals surface area (Å²) in [5, 5.41) is 0. The summed E-state index contributed by atoms with van der Waals surface area (Å²) in [6, 6.07) is 14.4. The Bertz CT molecular complexity index is 659. The fourth-order valence-electron chi connectivity index (χ4n) is 1.74. The SMILES string of the molecule is CC(=O)c1ccccc1C(=O)OC(=O)c1ccccc1. The zero-order chi connectivity index (χ0) is 14.5. The van der Waals surface area contributed by atoms with Crippen molar-refractivity contribution in [2.24, 2.45) is 0 Å². The minimum absolute atomic E-state index is 0.0873. The molecule has 0 unspecified atom stereocenters. The smallest absolute Gasteiger partial charge is 0.346 e. The molecule has 2 aromatic rings. The quantitative estimate of drug-likeness (QED) is 0.488. The number of benzene rings is 2. The van der Waals surface area contributed by atoms with Gasteiger partial charge in [0.15, 0.2) is 5.78 Å². The minimum Gasteiger partial charge on any atom is -0.386 e. The Balaban J connectivity index is 2.21. The highest BCUT2D eigenvalue weighted by Crippen LogP contribution is 2.12. The molecule has 0 bridgehead atoms. The predicted molar refractivity (Wildman–Crippen MR) is 72.6 cm³/mol. The van der Waals surface area contributed by atoms with E-state index in [1.807, 2.05) is 0 Å². The lowest BCUT2D eigenvalue weighted by molar-refractivity contribution is 0.0396. The molecular weight excluding hydrogens is 256 g/mol. The largest absolute Gasteiger partial charge is 0.386 e. The van der Waals surface area contributed by atoms with Crippen molar-refractivity contribution in [3.63, 3.8) is 0 Å². The molecule has 0 amide bonds. The lowest BCUT2D eigenvalue weighted by atomic mass is 10.0. The van der Waals surface area contributed by atoms with Crippen molar-refractivity contribution in [2.45, 2.75) is 6.92 Å². The van der Waals surface area contributed by atoms with Crippen LogP contribution in [0.3, 0.4) is 0 Å². The van der Waals surface area contributed by atoms with Gasteiger partial charge in [-0.2, -0.15) is 0 Å². The van der Waals surface area contributed by atoms with E-state index in [-0.39, 0.29) is 22.5 Å². The molecule has 0 aliphatic rings. The van der Waals surface area contributed by atoms with Gasteiger partial charge in [-0.3, -0.25) is 4.79 Å². The van der Waals surface area contributed by atoms with E-state index in [1.54, 1.807) is 42.5 Å². The molecule has 2 aromatic carbocycles. The van der Waals surface area contributed by atoms with Gasteiger partial charge in [0.05, 0.1) is 11.1 Å². The van der Waals surface area contributed by atoms with Crippen LogP contribution in [0, 0.1) is 0 Å². The Hall–Kier alpha value is -2.75. The number of ketones is 1. The molecule has 20 heavy (non-hydrogen) atoms. The standard InChI is InChI=1S/C16H12O4/c1-11(17)13-9-5-6-10-14(13)16(19)20-15(18)12-7-3-2-4-8-12/h2-10H,1H3. The summed E-state index contributed by atoms with van der Waals surface area (Å²) < 4.78 is 4.78. The molecule has 0 N–H and O–H groups in total. The highest BCUT2D eigenvalue weighted by Gasteiger charge is 2.19.